The van der Waals surface area contributed by atoms with E-state index in [2.05, 4.69) is 26.0 Å². The van der Waals surface area contributed by atoms with Crippen molar-refractivity contribution in [3.05, 3.63) is 35.0 Å². The molecule has 2 nitrogen and oxygen atoms in total. The van der Waals surface area contributed by atoms with Crippen LogP contribution in [0.1, 0.15) is 25.3 Å². The van der Waals surface area contributed by atoms with Crippen LogP contribution >= 0.6 is 11.6 Å². The van der Waals surface area contributed by atoms with Crippen LogP contribution < -0.4 is 0 Å². The van der Waals surface area contributed by atoms with Crippen LogP contribution in [0.15, 0.2) is 24.4 Å². The molecule has 0 unspecified atom stereocenters. The molecule has 82 valence electrons. The van der Waals surface area contributed by atoms with Gasteiger partial charge in [-0.2, -0.15) is 5.26 Å². The molecular formula is C13H13ClN2. The fourth-order valence-corrected chi connectivity index (χ4v) is 2.29. The quantitative estimate of drug-likeness (QED) is 0.771. The first kappa shape index (κ1) is 11.0. The number of benzene rings is 1. The van der Waals surface area contributed by atoms with Crippen molar-refractivity contribution in [3.63, 3.8) is 0 Å². The summed E-state index contributed by atoms with van der Waals surface area (Å²) in [5, 5.41) is 10.6. The highest BCUT2D eigenvalue weighted by Gasteiger charge is 2.11. The lowest BCUT2D eigenvalue weighted by atomic mass is 9.99. The zero-order chi connectivity index (χ0) is 11.7. The molecule has 0 amide bonds. The van der Waals surface area contributed by atoms with Gasteiger partial charge in [-0.3, -0.25) is 0 Å². The topological polar surface area (TPSA) is 28.7 Å². The molecule has 0 radical (unpaired) electrons. The summed E-state index contributed by atoms with van der Waals surface area (Å²) >= 11 is 6.19. The maximum Gasteiger partial charge on any atom is 0.110 e. The number of aromatic nitrogens is 1. The first-order valence-corrected chi connectivity index (χ1v) is 5.67. The number of halogens is 1. The minimum Gasteiger partial charge on any atom is -0.332 e. The van der Waals surface area contributed by atoms with Crippen molar-refractivity contribution in [3.8, 4) is 6.07 Å². The zero-order valence-electron chi connectivity index (χ0n) is 9.37. The van der Waals surface area contributed by atoms with Crippen molar-refractivity contribution in [2.45, 2.75) is 26.3 Å². The number of rotatable bonds is 2. The normalized spacial score (nSPS) is 10.9. The van der Waals surface area contributed by atoms with Gasteiger partial charge in [0.05, 0.1) is 16.6 Å². The van der Waals surface area contributed by atoms with Crippen LogP contribution in [0.2, 0.25) is 5.02 Å². The maximum absolute atomic E-state index is 8.75. The Bertz CT molecular complexity index is 561. The van der Waals surface area contributed by atoms with Crippen molar-refractivity contribution >= 4 is 22.5 Å². The zero-order valence-corrected chi connectivity index (χ0v) is 10.1. The molecule has 0 aliphatic rings. The predicted molar refractivity (Wildman–Crippen MR) is 66.7 cm³/mol. The van der Waals surface area contributed by atoms with Gasteiger partial charge in [0, 0.05) is 11.6 Å². The fourth-order valence-electron chi connectivity index (χ4n) is 2.01. The summed E-state index contributed by atoms with van der Waals surface area (Å²) in [6.45, 7) is 4.65. The highest BCUT2D eigenvalue weighted by Crippen LogP contribution is 2.31. The number of fused-ring (bicyclic) bond motifs is 1. The second kappa shape index (κ2) is 4.19. The van der Waals surface area contributed by atoms with E-state index in [9.17, 15) is 0 Å². The van der Waals surface area contributed by atoms with E-state index in [4.69, 9.17) is 16.9 Å². The van der Waals surface area contributed by atoms with E-state index >= 15 is 0 Å². The summed E-state index contributed by atoms with van der Waals surface area (Å²) in [6.07, 6.45) is 1.92. The lowest BCUT2D eigenvalue weighted by Crippen LogP contribution is -1.95. The van der Waals surface area contributed by atoms with E-state index in [1.165, 1.54) is 5.56 Å². The lowest BCUT2D eigenvalue weighted by molar-refractivity contribution is 0.866. The van der Waals surface area contributed by atoms with E-state index in [-0.39, 0.29) is 0 Å². The Morgan fingerprint density at radius 1 is 1.38 bits per heavy atom. The lowest BCUT2D eigenvalue weighted by Gasteiger charge is -2.09. The third kappa shape index (κ3) is 1.68. The molecule has 1 aromatic heterocycles. The molecule has 0 N–H and O–H groups in total. The first-order chi connectivity index (χ1) is 7.65. The molecule has 0 aliphatic carbocycles. The van der Waals surface area contributed by atoms with Crippen LogP contribution in [0, 0.1) is 11.3 Å². The SMILES string of the molecule is CC(C)c1ccc(Cl)c2c1ccn2CC#N. The highest BCUT2D eigenvalue weighted by atomic mass is 35.5. The van der Waals surface area contributed by atoms with Crippen molar-refractivity contribution < 1.29 is 0 Å². The van der Waals surface area contributed by atoms with Crippen molar-refractivity contribution in [2.24, 2.45) is 0 Å². The molecule has 0 atom stereocenters. The Kier molecular flexibility index (Phi) is 2.89. The van der Waals surface area contributed by atoms with Gasteiger partial charge in [-0.1, -0.05) is 31.5 Å². The summed E-state index contributed by atoms with van der Waals surface area (Å²) in [7, 11) is 0. The molecule has 0 saturated carbocycles. The molecule has 0 bridgehead atoms. The van der Waals surface area contributed by atoms with Gasteiger partial charge in [0.2, 0.25) is 0 Å². The van der Waals surface area contributed by atoms with Gasteiger partial charge in [0.25, 0.3) is 0 Å². The summed E-state index contributed by atoms with van der Waals surface area (Å²) in [5.41, 5.74) is 2.24. The van der Waals surface area contributed by atoms with Gasteiger partial charge in [-0.05, 0) is 23.6 Å². The Morgan fingerprint density at radius 2 is 2.12 bits per heavy atom. The minimum atomic E-state index is 0.338. The fraction of sp³-hybridized carbons (Fsp3) is 0.308. The molecule has 0 aliphatic heterocycles. The Morgan fingerprint density at radius 3 is 2.75 bits per heavy atom. The molecular weight excluding hydrogens is 220 g/mol. The van der Waals surface area contributed by atoms with Gasteiger partial charge in [-0.25, -0.2) is 0 Å². The highest BCUT2D eigenvalue weighted by molar-refractivity contribution is 6.35. The van der Waals surface area contributed by atoms with Gasteiger partial charge in [0.1, 0.15) is 6.54 Å². The number of nitrogens with zero attached hydrogens (tertiary/aromatic N) is 2. The molecule has 16 heavy (non-hydrogen) atoms. The van der Waals surface area contributed by atoms with Gasteiger partial charge < -0.3 is 4.57 Å². The van der Waals surface area contributed by atoms with Crippen LogP contribution in [0.25, 0.3) is 10.9 Å². The molecule has 1 heterocycles. The molecule has 2 rings (SSSR count). The Balaban J connectivity index is 2.74. The summed E-state index contributed by atoms with van der Waals surface area (Å²) in [6, 6.07) is 8.15. The monoisotopic (exact) mass is 232 g/mol. The average Bonchev–Trinajstić information content (AvgIpc) is 2.63. The van der Waals surface area contributed by atoms with Crippen LogP contribution in [0.3, 0.4) is 0 Å². The molecule has 3 heteroatoms. The molecule has 0 spiro atoms. The van der Waals surface area contributed by atoms with Gasteiger partial charge in [0.15, 0.2) is 0 Å². The maximum atomic E-state index is 8.75. The van der Waals surface area contributed by atoms with Crippen molar-refractivity contribution in [1.29, 1.82) is 5.26 Å². The second-order valence-electron chi connectivity index (χ2n) is 4.16. The Labute approximate surface area is 100 Å². The van der Waals surface area contributed by atoms with E-state index in [0.717, 1.165) is 10.9 Å². The number of hydrogen-bond donors (Lipinski definition) is 0. The van der Waals surface area contributed by atoms with E-state index in [1.807, 2.05) is 22.9 Å². The third-order valence-electron chi connectivity index (χ3n) is 2.77. The standard InChI is InChI=1S/C13H13ClN2/c1-9(2)10-3-4-12(14)13-11(10)5-7-16(13)8-6-15/h3-5,7,9H,8H2,1-2H3. The van der Waals surface area contributed by atoms with E-state index in [0.29, 0.717) is 17.5 Å². The van der Waals surface area contributed by atoms with E-state index < -0.39 is 0 Å². The average molecular weight is 233 g/mol. The van der Waals surface area contributed by atoms with Crippen LogP contribution in [-0.2, 0) is 6.54 Å². The smallest absolute Gasteiger partial charge is 0.110 e. The number of hydrogen-bond acceptors (Lipinski definition) is 1. The second-order valence-corrected chi connectivity index (χ2v) is 4.56. The molecule has 1 aromatic carbocycles. The van der Waals surface area contributed by atoms with E-state index in [1.54, 1.807) is 0 Å². The minimum absolute atomic E-state index is 0.338. The van der Waals surface area contributed by atoms with Crippen molar-refractivity contribution in [2.75, 3.05) is 0 Å². The predicted octanol–water partition coefficient (Wildman–Crippen LogP) is 3.94. The first-order valence-electron chi connectivity index (χ1n) is 5.29. The summed E-state index contributed by atoms with van der Waals surface area (Å²) in [4.78, 5) is 0. The van der Waals surface area contributed by atoms with Gasteiger partial charge >= 0.3 is 0 Å². The van der Waals surface area contributed by atoms with Crippen molar-refractivity contribution in [1.82, 2.24) is 4.57 Å². The van der Waals surface area contributed by atoms with Crippen LogP contribution in [0.4, 0.5) is 0 Å². The third-order valence-corrected chi connectivity index (χ3v) is 3.08. The molecule has 0 saturated heterocycles. The summed E-state index contributed by atoms with van der Waals surface area (Å²) < 4.78 is 1.89. The number of nitriles is 1. The van der Waals surface area contributed by atoms with Gasteiger partial charge in [-0.15, -0.1) is 0 Å². The van der Waals surface area contributed by atoms with Crippen LogP contribution in [-0.4, -0.2) is 4.57 Å². The molecule has 2 aromatic rings. The summed E-state index contributed by atoms with van der Waals surface area (Å²) in [5.74, 6) is 0.456. The van der Waals surface area contributed by atoms with Crippen LogP contribution in [0.5, 0.6) is 0 Å². The molecule has 0 fully saturated rings. The Hall–Kier alpha value is -1.46. The largest absolute Gasteiger partial charge is 0.332 e.